The number of anilines is 1. The molecule has 0 fully saturated rings. The minimum Gasteiger partial charge on any atom is -0.459 e. The molecule has 2 N–H and O–H groups in total. The second-order valence-corrected chi connectivity index (χ2v) is 6.82. The summed E-state index contributed by atoms with van der Waals surface area (Å²) in [5, 5.41) is 4.67. The van der Waals surface area contributed by atoms with Crippen molar-refractivity contribution in [3.8, 4) is 11.4 Å². The Morgan fingerprint density at radius 2 is 2.04 bits per heavy atom. The number of aromatic amines is 1. The monoisotopic (exact) mass is 369 g/mol. The Balaban J connectivity index is 1.43. The van der Waals surface area contributed by atoms with Gasteiger partial charge in [-0.05, 0) is 36.6 Å². The average molecular weight is 369 g/mol. The highest BCUT2D eigenvalue weighted by molar-refractivity contribution is 5.86. The predicted molar refractivity (Wildman–Crippen MR) is 110 cm³/mol. The molecule has 0 bridgehead atoms. The molecule has 0 spiro atoms. The van der Waals surface area contributed by atoms with Crippen molar-refractivity contribution in [3.63, 3.8) is 0 Å². The molecular formula is C22H19N5O. The van der Waals surface area contributed by atoms with Crippen molar-refractivity contribution in [2.75, 3.05) is 11.9 Å². The number of aromatic nitrogens is 4. The fraction of sp³-hybridized carbons (Fsp3) is 0.136. The van der Waals surface area contributed by atoms with Gasteiger partial charge in [-0.2, -0.15) is 0 Å². The number of rotatable bonds is 5. The zero-order valence-corrected chi connectivity index (χ0v) is 15.4. The van der Waals surface area contributed by atoms with Crippen LogP contribution in [0.3, 0.4) is 0 Å². The largest absolute Gasteiger partial charge is 0.459 e. The summed E-state index contributed by atoms with van der Waals surface area (Å²) in [6.07, 6.45) is 8.18. The number of hydrogen-bond donors (Lipinski definition) is 2. The molecule has 1 aromatic carbocycles. The summed E-state index contributed by atoms with van der Waals surface area (Å²) >= 11 is 0. The van der Waals surface area contributed by atoms with Crippen molar-refractivity contribution in [1.82, 2.24) is 19.9 Å². The summed E-state index contributed by atoms with van der Waals surface area (Å²) in [6, 6.07) is 12.2. The first kappa shape index (κ1) is 16.5. The van der Waals surface area contributed by atoms with E-state index in [1.807, 2.05) is 31.3 Å². The van der Waals surface area contributed by atoms with Gasteiger partial charge >= 0.3 is 0 Å². The number of fused-ring (bicyclic) bond motifs is 2. The van der Waals surface area contributed by atoms with Crippen LogP contribution in [0.5, 0.6) is 0 Å². The van der Waals surface area contributed by atoms with E-state index in [0.29, 0.717) is 17.2 Å². The number of furan rings is 1. The van der Waals surface area contributed by atoms with Gasteiger partial charge in [0.2, 0.25) is 0 Å². The van der Waals surface area contributed by atoms with Gasteiger partial charge < -0.3 is 14.7 Å². The van der Waals surface area contributed by atoms with E-state index in [-0.39, 0.29) is 0 Å². The molecule has 0 aliphatic carbocycles. The Hall–Kier alpha value is -3.67. The molecule has 138 valence electrons. The van der Waals surface area contributed by atoms with Crippen molar-refractivity contribution in [2.24, 2.45) is 0 Å². The van der Waals surface area contributed by atoms with Gasteiger partial charge in [0.05, 0.1) is 6.26 Å². The van der Waals surface area contributed by atoms with Crippen LogP contribution < -0.4 is 5.32 Å². The Labute approximate surface area is 161 Å². The standard InChI is InChI=1S/C22H19N5O/c1-14-10-16(12-23-11-14)21-26-19-7-9-28-20(19)22(27-21)24-8-6-15-13-25-18-5-3-2-4-17(15)18/h2-5,7,9-13,25H,6,8H2,1H3,(H,24,26,27). The van der Waals surface area contributed by atoms with Crippen molar-refractivity contribution >= 4 is 27.8 Å². The Morgan fingerprint density at radius 1 is 1.11 bits per heavy atom. The summed E-state index contributed by atoms with van der Waals surface area (Å²) in [4.78, 5) is 16.9. The van der Waals surface area contributed by atoms with E-state index in [1.165, 1.54) is 10.9 Å². The highest BCUT2D eigenvalue weighted by Crippen LogP contribution is 2.26. The van der Waals surface area contributed by atoms with E-state index in [4.69, 9.17) is 9.40 Å². The molecule has 0 aliphatic heterocycles. The minimum atomic E-state index is 0.639. The second kappa shape index (κ2) is 6.81. The lowest BCUT2D eigenvalue weighted by Crippen LogP contribution is -2.07. The maximum atomic E-state index is 5.61. The second-order valence-electron chi connectivity index (χ2n) is 6.82. The number of H-pyrrole nitrogens is 1. The first-order valence-electron chi connectivity index (χ1n) is 9.24. The van der Waals surface area contributed by atoms with E-state index >= 15 is 0 Å². The molecule has 6 nitrogen and oxygen atoms in total. The van der Waals surface area contributed by atoms with Crippen molar-refractivity contribution in [1.29, 1.82) is 0 Å². The highest BCUT2D eigenvalue weighted by Gasteiger charge is 2.13. The van der Waals surface area contributed by atoms with E-state index in [0.717, 1.165) is 35.1 Å². The van der Waals surface area contributed by atoms with Crippen LogP contribution in [-0.4, -0.2) is 26.5 Å². The van der Waals surface area contributed by atoms with E-state index in [9.17, 15) is 0 Å². The van der Waals surface area contributed by atoms with Crippen LogP contribution in [0.1, 0.15) is 11.1 Å². The molecule has 5 rings (SSSR count). The lowest BCUT2D eigenvalue weighted by molar-refractivity contribution is 0.614. The number of pyridine rings is 1. The molecule has 4 heterocycles. The summed E-state index contributed by atoms with van der Waals surface area (Å²) in [5.74, 6) is 1.34. The molecule has 0 unspecified atom stereocenters. The molecule has 0 saturated heterocycles. The van der Waals surface area contributed by atoms with Gasteiger partial charge in [0, 0.05) is 47.7 Å². The number of nitrogens with zero attached hydrogens (tertiary/aromatic N) is 3. The van der Waals surface area contributed by atoms with Crippen LogP contribution in [0.2, 0.25) is 0 Å². The van der Waals surface area contributed by atoms with E-state index < -0.39 is 0 Å². The van der Waals surface area contributed by atoms with Gasteiger partial charge in [0.15, 0.2) is 17.2 Å². The van der Waals surface area contributed by atoms with Crippen molar-refractivity contribution < 1.29 is 4.42 Å². The van der Waals surface area contributed by atoms with Gasteiger partial charge in [-0.15, -0.1) is 0 Å². The minimum absolute atomic E-state index is 0.639. The molecule has 6 heteroatoms. The van der Waals surface area contributed by atoms with Crippen molar-refractivity contribution in [2.45, 2.75) is 13.3 Å². The molecule has 0 aliphatic rings. The lowest BCUT2D eigenvalue weighted by Gasteiger charge is -2.08. The summed E-state index contributed by atoms with van der Waals surface area (Å²) < 4.78 is 5.61. The fourth-order valence-corrected chi connectivity index (χ4v) is 3.44. The number of hydrogen-bond acceptors (Lipinski definition) is 5. The molecular weight excluding hydrogens is 350 g/mol. The van der Waals surface area contributed by atoms with Crippen LogP contribution in [0.15, 0.2) is 65.7 Å². The normalized spacial score (nSPS) is 11.3. The Bertz CT molecular complexity index is 1270. The first-order valence-corrected chi connectivity index (χ1v) is 9.24. The van der Waals surface area contributed by atoms with Crippen LogP contribution >= 0.6 is 0 Å². The van der Waals surface area contributed by atoms with Crippen LogP contribution in [0.25, 0.3) is 33.4 Å². The summed E-state index contributed by atoms with van der Waals surface area (Å²) in [6.45, 7) is 2.74. The van der Waals surface area contributed by atoms with Gasteiger partial charge in [0.1, 0.15) is 5.52 Å². The number of benzene rings is 1. The third-order valence-electron chi connectivity index (χ3n) is 4.80. The third-order valence-corrected chi connectivity index (χ3v) is 4.80. The van der Waals surface area contributed by atoms with Crippen LogP contribution in [-0.2, 0) is 6.42 Å². The quantitative estimate of drug-likeness (QED) is 0.468. The SMILES string of the molecule is Cc1cncc(-c2nc(NCCc3c[nH]c4ccccc34)c3occc3n2)c1. The van der Waals surface area contributed by atoms with Gasteiger partial charge in [0.25, 0.3) is 0 Å². The highest BCUT2D eigenvalue weighted by atomic mass is 16.3. The van der Waals surface area contributed by atoms with Crippen LogP contribution in [0, 0.1) is 6.92 Å². The fourth-order valence-electron chi connectivity index (χ4n) is 3.44. The molecule has 28 heavy (non-hydrogen) atoms. The molecule has 0 amide bonds. The summed E-state index contributed by atoms with van der Waals surface area (Å²) in [5.41, 5.74) is 5.84. The molecule has 0 atom stereocenters. The number of aryl methyl sites for hydroxylation is 1. The third kappa shape index (κ3) is 2.99. The summed E-state index contributed by atoms with van der Waals surface area (Å²) in [7, 11) is 0. The Kier molecular flexibility index (Phi) is 4.01. The van der Waals surface area contributed by atoms with E-state index in [1.54, 1.807) is 12.5 Å². The van der Waals surface area contributed by atoms with Gasteiger partial charge in [-0.3, -0.25) is 4.98 Å². The molecule has 4 aromatic heterocycles. The molecule has 0 radical (unpaired) electrons. The van der Waals surface area contributed by atoms with Crippen molar-refractivity contribution in [3.05, 3.63) is 72.4 Å². The van der Waals surface area contributed by atoms with Crippen LogP contribution in [0.4, 0.5) is 5.82 Å². The number of para-hydroxylation sites is 1. The first-order chi connectivity index (χ1) is 13.8. The maximum Gasteiger partial charge on any atom is 0.194 e. The van der Waals surface area contributed by atoms with Gasteiger partial charge in [-0.1, -0.05) is 18.2 Å². The maximum absolute atomic E-state index is 5.61. The van der Waals surface area contributed by atoms with E-state index in [2.05, 4.69) is 44.7 Å². The molecule has 0 saturated carbocycles. The average Bonchev–Trinajstić information content (AvgIpc) is 3.35. The topological polar surface area (TPSA) is 79.6 Å². The zero-order chi connectivity index (χ0) is 18.9. The Morgan fingerprint density at radius 3 is 2.96 bits per heavy atom. The lowest BCUT2D eigenvalue weighted by atomic mass is 10.1. The zero-order valence-electron chi connectivity index (χ0n) is 15.4. The number of nitrogens with one attached hydrogen (secondary N) is 2. The molecule has 5 aromatic rings. The smallest absolute Gasteiger partial charge is 0.194 e. The predicted octanol–water partition coefficient (Wildman–Crippen LogP) is 4.73. The van der Waals surface area contributed by atoms with Gasteiger partial charge in [-0.25, -0.2) is 9.97 Å².